The summed E-state index contributed by atoms with van der Waals surface area (Å²) in [6, 6.07) is 1.55. The first-order valence-electron chi connectivity index (χ1n) is 6.21. The van der Waals surface area contributed by atoms with Crippen LogP contribution in [-0.2, 0) is 0 Å². The van der Waals surface area contributed by atoms with Gasteiger partial charge in [0.2, 0.25) is 0 Å². The lowest BCUT2D eigenvalue weighted by Gasteiger charge is -2.36. The second-order valence-electron chi connectivity index (χ2n) is 5.46. The van der Waals surface area contributed by atoms with Crippen LogP contribution in [0.1, 0.15) is 39.5 Å². The third-order valence-corrected chi connectivity index (χ3v) is 3.78. The topological polar surface area (TPSA) is 24.1 Å². The van der Waals surface area contributed by atoms with Gasteiger partial charge in [-0.05, 0) is 44.1 Å². The van der Waals surface area contributed by atoms with Crippen LogP contribution >= 0.6 is 0 Å². The van der Waals surface area contributed by atoms with Gasteiger partial charge in [0.15, 0.2) is 0 Å². The summed E-state index contributed by atoms with van der Waals surface area (Å²) in [5, 5.41) is 7.28. The molecule has 2 unspecified atom stereocenters. The summed E-state index contributed by atoms with van der Waals surface area (Å²) in [6.07, 6.45) is 5.50. The van der Waals surface area contributed by atoms with Gasteiger partial charge < -0.3 is 10.6 Å². The summed E-state index contributed by atoms with van der Waals surface area (Å²) < 4.78 is 0. The van der Waals surface area contributed by atoms with Gasteiger partial charge in [-0.1, -0.05) is 13.8 Å². The number of hydrogen-bond donors (Lipinski definition) is 2. The van der Waals surface area contributed by atoms with Gasteiger partial charge in [-0.25, -0.2) is 0 Å². The zero-order chi connectivity index (χ0) is 9.97. The SMILES string of the molecule is CC1CCNC(CNC2CC(C)C2)C1. The predicted molar refractivity (Wildman–Crippen MR) is 60.4 cm³/mol. The smallest absolute Gasteiger partial charge is 0.0195 e. The third-order valence-electron chi connectivity index (χ3n) is 3.78. The summed E-state index contributed by atoms with van der Waals surface area (Å²) in [6.45, 7) is 7.12. The van der Waals surface area contributed by atoms with E-state index in [0.29, 0.717) is 0 Å². The van der Waals surface area contributed by atoms with Gasteiger partial charge in [-0.2, -0.15) is 0 Å². The minimum atomic E-state index is 0.731. The summed E-state index contributed by atoms with van der Waals surface area (Å²) in [7, 11) is 0. The highest BCUT2D eigenvalue weighted by Crippen LogP contribution is 2.26. The zero-order valence-electron chi connectivity index (χ0n) is 9.55. The Balaban J connectivity index is 1.60. The maximum atomic E-state index is 3.68. The fourth-order valence-corrected chi connectivity index (χ4v) is 2.75. The van der Waals surface area contributed by atoms with Crippen molar-refractivity contribution in [3.63, 3.8) is 0 Å². The molecule has 0 bridgehead atoms. The molecule has 2 fully saturated rings. The largest absolute Gasteiger partial charge is 0.313 e. The second kappa shape index (κ2) is 4.63. The molecule has 82 valence electrons. The Morgan fingerprint density at radius 2 is 1.93 bits per heavy atom. The van der Waals surface area contributed by atoms with Gasteiger partial charge in [-0.3, -0.25) is 0 Å². The summed E-state index contributed by atoms with van der Waals surface area (Å²) in [5.41, 5.74) is 0. The Labute approximate surface area is 87.8 Å². The lowest BCUT2D eigenvalue weighted by molar-refractivity contribution is 0.222. The average Bonchev–Trinajstić information content (AvgIpc) is 2.11. The van der Waals surface area contributed by atoms with Crippen LogP contribution in [0.15, 0.2) is 0 Å². The number of hydrogen-bond acceptors (Lipinski definition) is 2. The Morgan fingerprint density at radius 3 is 2.57 bits per heavy atom. The van der Waals surface area contributed by atoms with Gasteiger partial charge in [0, 0.05) is 18.6 Å². The quantitative estimate of drug-likeness (QED) is 0.719. The molecule has 0 aromatic carbocycles. The van der Waals surface area contributed by atoms with Crippen molar-refractivity contribution in [2.24, 2.45) is 11.8 Å². The van der Waals surface area contributed by atoms with Crippen LogP contribution in [0.4, 0.5) is 0 Å². The Bertz CT molecular complexity index is 175. The molecule has 2 N–H and O–H groups in total. The van der Waals surface area contributed by atoms with E-state index in [-0.39, 0.29) is 0 Å². The van der Waals surface area contributed by atoms with E-state index >= 15 is 0 Å². The monoisotopic (exact) mass is 196 g/mol. The molecule has 1 aliphatic carbocycles. The maximum absolute atomic E-state index is 3.68. The van der Waals surface area contributed by atoms with Crippen molar-refractivity contribution in [2.75, 3.05) is 13.1 Å². The van der Waals surface area contributed by atoms with Crippen molar-refractivity contribution >= 4 is 0 Å². The number of nitrogens with one attached hydrogen (secondary N) is 2. The van der Waals surface area contributed by atoms with Crippen molar-refractivity contribution in [2.45, 2.75) is 51.6 Å². The predicted octanol–water partition coefficient (Wildman–Crippen LogP) is 1.76. The van der Waals surface area contributed by atoms with Crippen molar-refractivity contribution in [1.82, 2.24) is 10.6 Å². The third kappa shape index (κ3) is 2.71. The fraction of sp³-hybridized carbons (Fsp3) is 1.00. The van der Waals surface area contributed by atoms with Crippen LogP contribution in [0.3, 0.4) is 0 Å². The Morgan fingerprint density at radius 1 is 1.14 bits per heavy atom. The zero-order valence-corrected chi connectivity index (χ0v) is 9.55. The van der Waals surface area contributed by atoms with E-state index in [1.54, 1.807) is 0 Å². The lowest BCUT2D eigenvalue weighted by Crippen LogP contribution is -2.49. The standard InChI is InChI=1S/C12H24N2/c1-9-3-4-13-12(5-9)8-14-11-6-10(2)7-11/h9-14H,3-8H2,1-2H3. The number of piperidine rings is 1. The highest BCUT2D eigenvalue weighted by Gasteiger charge is 2.26. The Kier molecular flexibility index (Phi) is 3.45. The van der Waals surface area contributed by atoms with Crippen LogP contribution in [-0.4, -0.2) is 25.2 Å². The minimum Gasteiger partial charge on any atom is -0.313 e. The van der Waals surface area contributed by atoms with E-state index in [2.05, 4.69) is 24.5 Å². The molecule has 2 rings (SSSR count). The lowest BCUT2D eigenvalue weighted by atomic mass is 9.81. The summed E-state index contributed by atoms with van der Waals surface area (Å²) >= 11 is 0. The molecule has 0 amide bonds. The van der Waals surface area contributed by atoms with Crippen LogP contribution < -0.4 is 10.6 Å². The van der Waals surface area contributed by atoms with Crippen molar-refractivity contribution in [3.8, 4) is 0 Å². The molecular formula is C12H24N2. The first-order chi connectivity index (χ1) is 6.74. The number of rotatable bonds is 3. The van der Waals surface area contributed by atoms with Crippen LogP contribution in [0, 0.1) is 11.8 Å². The van der Waals surface area contributed by atoms with E-state index in [1.165, 1.54) is 38.8 Å². The molecular weight excluding hydrogens is 172 g/mol. The molecule has 2 aliphatic rings. The molecule has 0 radical (unpaired) electrons. The molecule has 0 aromatic rings. The molecule has 1 aliphatic heterocycles. The molecule has 0 spiro atoms. The second-order valence-corrected chi connectivity index (χ2v) is 5.46. The first-order valence-corrected chi connectivity index (χ1v) is 6.21. The van der Waals surface area contributed by atoms with Crippen LogP contribution in [0.5, 0.6) is 0 Å². The average molecular weight is 196 g/mol. The van der Waals surface area contributed by atoms with Gasteiger partial charge in [0.1, 0.15) is 0 Å². The molecule has 14 heavy (non-hydrogen) atoms. The van der Waals surface area contributed by atoms with Crippen molar-refractivity contribution in [1.29, 1.82) is 0 Å². The molecule has 2 heteroatoms. The van der Waals surface area contributed by atoms with E-state index in [0.717, 1.165) is 23.9 Å². The summed E-state index contributed by atoms with van der Waals surface area (Å²) in [5.74, 6) is 1.88. The summed E-state index contributed by atoms with van der Waals surface area (Å²) in [4.78, 5) is 0. The molecule has 2 atom stereocenters. The Hall–Kier alpha value is -0.0800. The van der Waals surface area contributed by atoms with E-state index < -0.39 is 0 Å². The van der Waals surface area contributed by atoms with E-state index in [1.807, 2.05) is 0 Å². The highest BCUT2D eigenvalue weighted by atomic mass is 15.0. The van der Waals surface area contributed by atoms with E-state index in [4.69, 9.17) is 0 Å². The molecule has 1 saturated carbocycles. The molecule has 2 nitrogen and oxygen atoms in total. The van der Waals surface area contributed by atoms with Crippen molar-refractivity contribution < 1.29 is 0 Å². The first kappa shape index (κ1) is 10.4. The van der Waals surface area contributed by atoms with Crippen LogP contribution in [0.25, 0.3) is 0 Å². The minimum absolute atomic E-state index is 0.731. The molecule has 0 aromatic heterocycles. The highest BCUT2D eigenvalue weighted by molar-refractivity contribution is 4.85. The van der Waals surface area contributed by atoms with E-state index in [9.17, 15) is 0 Å². The van der Waals surface area contributed by atoms with Crippen LogP contribution in [0.2, 0.25) is 0 Å². The van der Waals surface area contributed by atoms with Gasteiger partial charge in [0.05, 0.1) is 0 Å². The molecule has 1 saturated heterocycles. The van der Waals surface area contributed by atoms with Gasteiger partial charge >= 0.3 is 0 Å². The van der Waals surface area contributed by atoms with Gasteiger partial charge in [-0.15, -0.1) is 0 Å². The maximum Gasteiger partial charge on any atom is 0.0195 e. The fourth-order valence-electron chi connectivity index (χ4n) is 2.75. The van der Waals surface area contributed by atoms with Crippen molar-refractivity contribution in [3.05, 3.63) is 0 Å². The molecule has 1 heterocycles. The normalized spacial score (nSPS) is 43.3. The van der Waals surface area contributed by atoms with Gasteiger partial charge in [0.25, 0.3) is 0 Å².